The van der Waals surface area contributed by atoms with E-state index in [-0.39, 0.29) is 25.0 Å². The molecule has 0 unspecified atom stereocenters. The Hall–Kier alpha value is -3.08. The van der Waals surface area contributed by atoms with Crippen LogP contribution in [0, 0.1) is 5.82 Å². The van der Waals surface area contributed by atoms with Crippen molar-refractivity contribution in [3.63, 3.8) is 0 Å². The van der Waals surface area contributed by atoms with Crippen LogP contribution in [-0.2, 0) is 9.53 Å². The van der Waals surface area contributed by atoms with Crippen molar-refractivity contribution < 1.29 is 23.5 Å². The van der Waals surface area contributed by atoms with Gasteiger partial charge in [0.15, 0.2) is 0 Å². The van der Waals surface area contributed by atoms with Gasteiger partial charge >= 0.3 is 12.1 Å². The molecule has 0 saturated carbocycles. The quantitative estimate of drug-likeness (QED) is 0.660. The summed E-state index contributed by atoms with van der Waals surface area (Å²) in [6.07, 6.45) is -1.06. The lowest BCUT2D eigenvalue weighted by atomic mass is 10.2. The Bertz CT molecular complexity index is 792. The molecule has 158 valence electrons. The van der Waals surface area contributed by atoms with Gasteiger partial charge in [-0.1, -0.05) is 0 Å². The van der Waals surface area contributed by atoms with Crippen LogP contribution in [0.15, 0.2) is 18.2 Å². The summed E-state index contributed by atoms with van der Waals surface area (Å²) in [4.78, 5) is 38.1. The molecule has 10 nitrogen and oxygen atoms in total. The van der Waals surface area contributed by atoms with Crippen molar-refractivity contribution in [3.05, 3.63) is 24.0 Å². The molecule has 0 radical (unpaired) electrons. The lowest BCUT2D eigenvalue weighted by Gasteiger charge is -2.24. The first-order chi connectivity index (χ1) is 13.9. The number of nitrogens with zero attached hydrogens (tertiary/aromatic N) is 3. The average Bonchev–Trinajstić information content (AvgIpc) is 2.90. The highest BCUT2D eigenvalue weighted by Gasteiger charge is 2.33. The van der Waals surface area contributed by atoms with Gasteiger partial charge in [0.05, 0.1) is 31.0 Å². The molecule has 3 N–H and O–H groups in total. The number of nitrogens with one attached hydrogen (secondary N) is 3. The van der Waals surface area contributed by atoms with E-state index >= 15 is 0 Å². The minimum absolute atomic E-state index is 0.209. The van der Waals surface area contributed by atoms with E-state index < -0.39 is 18.0 Å². The van der Waals surface area contributed by atoms with E-state index in [0.717, 1.165) is 0 Å². The van der Waals surface area contributed by atoms with Crippen LogP contribution in [0.1, 0.15) is 6.92 Å². The van der Waals surface area contributed by atoms with Gasteiger partial charge in [-0.3, -0.25) is 14.7 Å². The van der Waals surface area contributed by atoms with E-state index in [1.165, 1.54) is 22.9 Å². The van der Waals surface area contributed by atoms with Crippen LogP contribution in [-0.4, -0.2) is 75.5 Å². The minimum Gasteiger partial charge on any atom is -0.442 e. The Morgan fingerprint density at radius 3 is 2.79 bits per heavy atom. The largest absolute Gasteiger partial charge is 0.442 e. The SMILES string of the molecule is CNC(=O)N1CCN(c2ccc(N3C[C@H](CNC(C)=O)OC3=O)cc2F)CCN1. The molecule has 0 aliphatic carbocycles. The van der Waals surface area contributed by atoms with Crippen molar-refractivity contribution in [3.8, 4) is 0 Å². The predicted octanol–water partition coefficient (Wildman–Crippen LogP) is 0.253. The molecule has 0 spiro atoms. The zero-order valence-electron chi connectivity index (χ0n) is 16.4. The second-order valence-corrected chi connectivity index (χ2v) is 6.79. The first kappa shape index (κ1) is 20.6. The molecule has 4 amide bonds. The van der Waals surface area contributed by atoms with Gasteiger partial charge < -0.3 is 20.3 Å². The van der Waals surface area contributed by atoms with E-state index in [4.69, 9.17) is 4.74 Å². The number of rotatable bonds is 4. The molecule has 2 aliphatic heterocycles. The zero-order valence-corrected chi connectivity index (χ0v) is 16.4. The molecule has 29 heavy (non-hydrogen) atoms. The number of halogens is 1. The van der Waals surface area contributed by atoms with Crippen molar-refractivity contribution in [2.75, 3.05) is 56.1 Å². The Morgan fingerprint density at radius 1 is 1.31 bits per heavy atom. The number of amides is 4. The van der Waals surface area contributed by atoms with E-state index in [0.29, 0.717) is 37.6 Å². The van der Waals surface area contributed by atoms with Crippen molar-refractivity contribution in [2.24, 2.45) is 0 Å². The Balaban J connectivity index is 1.66. The summed E-state index contributed by atoms with van der Waals surface area (Å²) >= 11 is 0. The summed E-state index contributed by atoms with van der Waals surface area (Å²) in [6, 6.07) is 4.33. The average molecular weight is 408 g/mol. The highest BCUT2D eigenvalue weighted by Crippen LogP contribution is 2.28. The first-order valence-corrected chi connectivity index (χ1v) is 9.39. The molecule has 3 rings (SSSR count). The fourth-order valence-electron chi connectivity index (χ4n) is 3.30. The molecule has 0 bridgehead atoms. The monoisotopic (exact) mass is 408 g/mol. The number of cyclic esters (lactones) is 1. The molecule has 1 atom stereocenters. The van der Waals surface area contributed by atoms with E-state index in [1.807, 2.05) is 4.90 Å². The lowest BCUT2D eigenvalue weighted by molar-refractivity contribution is -0.119. The Morgan fingerprint density at radius 2 is 2.10 bits per heavy atom. The predicted molar refractivity (Wildman–Crippen MR) is 104 cm³/mol. The molecule has 0 aromatic heterocycles. The number of anilines is 2. The molecule has 2 fully saturated rings. The maximum atomic E-state index is 14.8. The van der Waals surface area contributed by atoms with Gasteiger partial charge in [0.2, 0.25) is 5.91 Å². The van der Waals surface area contributed by atoms with Crippen LogP contribution < -0.4 is 25.9 Å². The second-order valence-electron chi connectivity index (χ2n) is 6.79. The first-order valence-electron chi connectivity index (χ1n) is 9.39. The van der Waals surface area contributed by atoms with Crippen LogP contribution in [0.2, 0.25) is 0 Å². The highest BCUT2D eigenvalue weighted by molar-refractivity contribution is 5.90. The number of ether oxygens (including phenoxy) is 1. The van der Waals surface area contributed by atoms with Gasteiger partial charge in [0.25, 0.3) is 0 Å². The van der Waals surface area contributed by atoms with Crippen LogP contribution >= 0.6 is 0 Å². The maximum absolute atomic E-state index is 14.8. The fraction of sp³-hybridized carbons (Fsp3) is 0.500. The Labute approximate surface area is 167 Å². The number of urea groups is 1. The van der Waals surface area contributed by atoms with Crippen LogP contribution in [0.3, 0.4) is 0 Å². The maximum Gasteiger partial charge on any atom is 0.414 e. The smallest absolute Gasteiger partial charge is 0.414 e. The molecule has 2 saturated heterocycles. The molecular formula is C18H25FN6O4. The van der Waals surface area contributed by atoms with Crippen LogP contribution in [0.4, 0.5) is 25.4 Å². The molecule has 2 heterocycles. The number of hydrazine groups is 1. The second kappa shape index (κ2) is 8.95. The Kier molecular flexibility index (Phi) is 6.37. The van der Waals surface area contributed by atoms with Gasteiger partial charge in [0, 0.05) is 33.6 Å². The number of hydrogen-bond acceptors (Lipinski definition) is 6. The third-order valence-electron chi connectivity index (χ3n) is 4.77. The summed E-state index contributed by atoms with van der Waals surface area (Å²) in [7, 11) is 1.55. The van der Waals surface area contributed by atoms with Gasteiger partial charge in [0.1, 0.15) is 11.9 Å². The van der Waals surface area contributed by atoms with Gasteiger partial charge in [-0.25, -0.2) is 19.4 Å². The summed E-state index contributed by atoms with van der Waals surface area (Å²) in [6.45, 7) is 3.68. The molecule has 2 aliphatic rings. The summed E-state index contributed by atoms with van der Waals surface area (Å²) in [5.74, 6) is -0.675. The number of carbonyl (C=O) groups is 3. The van der Waals surface area contributed by atoms with Gasteiger partial charge in [-0.15, -0.1) is 0 Å². The van der Waals surface area contributed by atoms with Crippen LogP contribution in [0.5, 0.6) is 0 Å². The molecule has 1 aromatic rings. The zero-order chi connectivity index (χ0) is 21.0. The van der Waals surface area contributed by atoms with E-state index in [9.17, 15) is 18.8 Å². The fourth-order valence-corrected chi connectivity index (χ4v) is 3.30. The van der Waals surface area contributed by atoms with Crippen LogP contribution in [0.25, 0.3) is 0 Å². The van der Waals surface area contributed by atoms with Crippen molar-refractivity contribution >= 4 is 29.4 Å². The molecule has 1 aromatic carbocycles. The molecular weight excluding hydrogens is 383 g/mol. The van der Waals surface area contributed by atoms with Crippen molar-refractivity contribution in [1.82, 2.24) is 21.1 Å². The van der Waals surface area contributed by atoms with E-state index in [2.05, 4.69) is 16.1 Å². The topological polar surface area (TPSA) is 106 Å². The van der Waals surface area contributed by atoms with E-state index in [1.54, 1.807) is 19.2 Å². The molecule has 11 heteroatoms. The normalized spacial score (nSPS) is 19.6. The van der Waals surface area contributed by atoms with Gasteiger partial charge in [-0.2, -0.15) is 0 Å². The summed E-state index contributed by atoms with van der Waals surface area (Å²) < 4.78 is 20.0. The summed E-state index contributed by atoms with van der Waals surface area (Å²) in [5.41, 5.74) is 3.79. The third-order valence-corrected chi connectivity index (χ3v) is 4.77. The summed E-state index contributed by atoms with van der Waals surface area (Å²) in [5, 5.41) is 6.61. The number of carbonyl (C=O) groups excluding carboxylic acids is 3. The number of benzene rings is 1. The third kappa shape index (κ3) is 4.86. The highest BCUT2D eigenvalue weighted by atomic mass is 19.1. The standard InChI is InChI=1S/C18H25FN6O4/c1-12(26)21-10-14-11-24(18(28)29-14)13-3-4-16(15(19)9-13)23-6-5-22-25(8-7-23)17(27)20-2/h3-4,9,14,22H,5-8,10-11H2,1-2H3,(H,20,27)(H,21,26)/t14-/m0/s1. The van der Waals surface area contributed by atoms with Gasteiger partial charge in [-0.05, 0) is 18.2 Å². The lowest BCUT2D eigenvalue weighted by Crippen LogP contribution is -2.47. The van der Waals surface area contributed by atoms with Crippen molar-refractivity contribution in [2.45, 2.75) is 13.0 Å². The van der Waals surface area contributed by atoms with Crippen molar-refractivity contribution in [1.29, 1.82) is 0 Å². The minimum atomic E-state index is -0.576. The number of hydrogen-bond donors (Lipinski definition) is 3.